The lowest BCUT2D eigenvalue weighted by molar-refractivity contribution is 0.171. The Morgan fingerprint density at radius 1 is 1.17 bits per heavy atom. The molecule has 0 bridgehead atoms. The second-order valence-electron chi connectivity index (χ2n) is 6.07. The van der Waals surface area contributed by atoms with Gasteiger partial charge in [0.05, 0.1) is 5.02 Å². The first-order chi connectivity index (χ1) is 11.3. The molecule has 23 heavy (non-hydrogen) atoms. The van der Waals surface area contributed by atoms with Gasteiger partial charge in [0.25, 0.3) is 0 Å². The monoisotopic (exact) mass is 330 g/mol. The van der Waals surface area contributed by atoms with E-state index < -0.39 is 0 Å². The number of benzene rings is 1. The Balaban J connectivity index is 1.53. The molecule has 1 aliphatic carbocycles. The summed E-state index contributed by atoms with van der Waals surface area (Å²) in [5.74, 6) is 2.37. The molecular weight excluding hydrogens is 312 g/mol. The zero-order chi connectivity index (χ0) is 15.6. The molecule has 1 aliphatic heterocycles. The lowest BCUT2D eigenvalue weighted by atomic mass is 10.0. The van der Waals surface area contributed by atoms with E-state index in [1.165, 1.54) is 18.4 Å². The number of rotatable bonds is 5. The highest BCUT2D eigenvalue weighted by Crippen LogP contribution is 2.43. The minimum absolute atomic E-state index is 0.315. The first-order valence-electron chi connectivity index (χ1n) is 8.02. The molecule has 2 aliphatic rings. The Labute approximate surface area is 140 Å². The van der Waals surface area contributed by atoms with Gasteiger partial charge in [-0.25, -0.2) is 0 Å². The zero-order valence-corrected chi connectivity index (χ0v) is 13.6. The second kappa shape index (κ2) is 6.38. The molecule has 1 aromatic heterocycles. The van der Waals surface area contributed by atoms with Gasteiger partial charge in [-0.1, -0.05) is 17.7 Å². The van der Waals surface area contributed by atoms with Crippen LogP contribution in [0.2, 0.25) is 5.02 Å². The van der Waals surface area contributed by atoms with Gasteiger partial charge in [0.1, 0.15) is 13.2 Å². The van der Waals surface area contributed by atoms with Gasteiger partial charge >= 0.3 is 0 Å². The molecule has 0 radical (unpaired) electrons. The van der Waals surface area contributed by atoms with Crippen LogP contribution in [0.3, 0.4) is 0 Å². The van der Waals surface area contributed by atoms with Crippen molar-refractivity contribution in [3.63, 3.8) is 0 Å². The lowest BCUT2D eigenvalue weighted by Gasteiger charge is -2.23. The highest BCUT2D eigenvalue weighted by molar-refractivity contribution is 6.31. The van der Waals surface area contributed by atoms with Crippen molar-refractivity contribution in [1.82, 2.24) is 10.3 Å². The van der Waals surface area contributed by atoms with Gasteiger partial charge in [0.2, 0.25) is 0 Å². The minimum atomic E-state index is 0.315. The van der Waals surface area contributed by atoms with E-state index in [4.69, 9.17) is 21.1 Å². The fourth-order valence-corrected chi connectivity index (χ4v) is 3.19. The molecule has 1 saturated carbocycles. The Bertz CT molecular complexity index is 703. The van der Waals surface area contributed by atoms with Crippen molar-refractivity contribution in [3.05, 3.63) is 52.8 Å². The zero-order valence-electron chi connectivity index (χ0n) is 12.8. The molecule has 4 rings (SSSR count). The quantitative estimate of drug-likeness (QED) is 0.906. The van der Waals surface area contributed by atoms with Crippen LogP contribution in [0.1, 0.15) is 30.0 Å². The van der Waals surface area contributed by atoms with Crippen molar-refractivity contribution < 1.29 is 9.47 Å². The van der Waals surface area contributed by atoms with Gasteiger partial charge in [0, 0.05) is 25.0 Å². The Morgan fingerprint density at radius 2 is 2.00 bits per heavy atom. The van der Waals surface area contributed by atoms with Crippen LogP contribution in [0.15, 0.2) is 36.7 Å². The van der Waals surface area contributed by atoms with Crippen LogP contribution in [-0.2, 0) is 6.54 Å². The molecule has 0 spiro atoms. The average molecular weight is 331 g/mol. The molecule has 1 atom stereocenters. The Kier molecular flexibility index (Phi) is 4.10. The first-order valence-corrected chi connectivity index (χ1v) is 8.40. The first kappa shape index (κ1) is 14.8. The average Bonchev–Trinajstić information content (AvgIpc) is 3.41. The number of nitrogens with zero attached hydrogens (tertiary/aromatic N) is 1. The van der Waals surface area contributed by atoms with Crippen LogP contribution in [0.5, 0.6) is 11.5 Å². The summed E-state index contributed by atoms with van der Waals surface area (Å²) in [5.41, 5.74) is 2.33. The number of halogens is 1. The summed E-state index contributed by atoms with van der Waals surface area (Å²) in [6.07, 6.45) is 5.99. The fourth-order valence-electron chi connectivity index (χ4n) is 3.01. The van der Waals surface area contributed by atoms with Crippen LogP contribution < -0.4 is 14.8 Å². The maximum Gasteiger partial charge on any atom is 0.161 e. The summed E-state index contributed by atoms with van der Waals surface area (Å²) in [6.45, 7) is 1.97. The summed E-state index contributed by atoms with van der Waals surface area (Å²) >= 11 is 6.20. The maximum atomic E-state index is 6.20. The molecule has 1 unspecified atom stereocenters. The molecule has 1 fully saturated rings. The maximum absolute atomic E-state index is 6.20. The van der Waals surface area contributed by atoms with Gasteiger partial charge in [-0.15, -0.1) is 0 Å². The summed E-state index contributed by atoms with van der Waals surface area (Å²) in [4.78, 5) is 4.04. The minimum Gasteiger partial charge on any atom is -0.486 e. The van der Waals surface area contributed by atoms with Crippen molar-refractivity contribution in [2.75, 3.05) is 13.2 Å². The Morgan fingerprint density at radius 3 is 2.78 bits per heavy atom. The molecular formula is C18H19ClN2O2. The van der Waals surface area contributed by atoms with E-state index in [1.54, 1.807) is 12.4 Å². The van der Waals surface area contributed by atoms with Crippen LogP contribution in [0.25, 0.3) is 0 Å². The third-order valence-corrected chi connectivity index (χ3v) is 4.73. The summed E-state index contributed by atoms with van der Waals surface area (Å²) in [7, 11) is 0. The second-order valence-corrected chi connectivity index (χ2v) is 6.47. The molecule has 2 heterocycles. The molecule has 0 saturated heterocycles. The normalized spacial score (nSPS) is 17.8. The molecule has 120 valence electrons. The van der Waals surface area contributed by atoms with E-state index in [9.17, 15) is 0 Å². The summed E-state index contributed by atoms with van der Waals surface area (Å²) < 4.78 is 11.3. The van der Waals surface area contributed by atoms with Gasteiger partial charge in [-0.2, -0.15) is 0 Å². The van der Waals surface area contributed by atoms with Gasteiger partial charge in [0.15, 0.2) is 11.5 Å². The summed E-state index contributed by atoms with van der Waals surface area (Å²) in [6, 6.07) is 8.54. The van der Waals surface area contributed by atoms with Crippen molar-refractivity contribution in [2.45, 2.75) is 25.4 Å². The molecule has 5 heteroatoms. The third kappa shape index (κ3) is 3.28. The standard InChI is InChI=1S/C18H19ClN2O2/c19-15-11-20-6-5-14(15)10-21-18(12-1-2-12)13-3-4-16-17(9-13)23-8-7-22-16/h3-6,9,11-12,18,21H,1-2,7-8,10H2. The van der Waals surface area contributed by atoms with Crippen LogP contribution in [0, 0.1) is 5.92 Å². The van der Waals surface area contributed by atoms with E-state index >= 15 is 0 Å². The van der Waals surface area contributed by atoms with Crippen LogP contribution in [0.4, 0.5) is 0 Å². The van der Waals surface area contributed by atoms with Crippen LogP contribution >= 0.6 is 11.6 Å². The van der Waals surface area contributed by atoms with E-state index in [0.717, 1.165) is 23.6 Å². The Hall–Kier alpha value is -1.78. The molecule has 0 amide bonds. The SMILES string of the molecule is Clc1cnccc1CNC(c1ccc2c(c1)OCCO2)C1CC1. The highest BCUT2D eigenvalue weighted by Gasteiger charge is 2.32. The van der Waals surface area contributed by atoms with Gasteiger partial charge < -0.3 is 14.8 Å². The predicted molar refractivity (Wildman–Crippen MR) is 89.0 cm³/mol. The van der Waals surface area contributed by atoms with E-state index in [2.05, 4.69) is 22.4 Å². The number of fused-ring (bicyclic) bond motifs is 1. The van der Waals surface area contributed by atoms with Crippen molar-refractivity contribution in [1.29, 1.82) is 0 Å². The fraction of sp³-hybridized carbons (Fsp3) is 0.389. The van der Waals surface area contributed by atoms with Gasteiger partial charge in [-0.05, 0) is 48.1 Å². The molecule has 1 N–H and O–H groups in total. The highest BCUT2D eigenvalue weighted by atomic mass is 35.5. The lowest BCUT2D eigenvalue weighted by Crippen LogP contribution is -2.23. The smallest absolute Gasteiger partial charge is 0.161 e. The van der Waals surface area contributed by atoms with E-state index in [0.29, 0.717) is 30.2 Å². The number of hydrogen-bond acceptors (Lipinski definition) is 4. The van der Waals surface area contributed by atoms with E-state index in [-0.39, 0.29) is 0 Å². The topological polar surface area (TPSA) is 43.4 Å². The number of pyridine rings is 1. The number of ether oxygens (including phenoxy) is 2. The number of nitrogens with one attached hydrogen (secondary N) is 1. The molecule has 2 aromatic rings. The van der Waals surface area contributed by atoms with Crippen molar-refractivity contribution >= 4 is 11.6 Å². The predicted octanol–water partition coefficient (Wildman–Crippen LogP) is 3.75. The van der Waals surface area contributed by atoms with Gasteiger partial charge in [-0.3, -0.25) is 4.98 Å². The molecule has 4 nitrogen and oxygen atoms in total. The van der Waals surface area contributed by atoms with Crippen LogP contribution in [-0.4, -0.2) is 18.2 Å². The number of hydrogen-bond donors (Lipinski definition) is 1. The summed E-state index contributed by atoms with van der Waals surface area (Å²) in [5, 5.41) is 4.36. The number of aromatic nitrogens is 1. The van der Waals surface area contributed by atoms with Crippen molar-refractivity contribution in [3.8, 4) is 11.5 Å². The third-order valence-electron chi connectivity index (χ3n) is 4.39. The van der Waals surface area contributed by atoms with E-state index in [1.807, 2.05) is 12.1 Å². The van der Waals surface area contributed by atoms with Crippen molar-refractivity contribution in [2.24, 2.45) is 5.92 Å². The largest absolute Gasteiger partial charge is 0.486 e. The molecule has 1 aromatic carbocycles.